The van der Waals surface area contributed by atoms with E-state index in [2.05, 4.69) is 44.7 Å². The van der Waals surface area contributed by atoms with Gasteiger partial charge in [0.2, 0.25) is 0 Å². The molecule has 0 bridgehead atoms. The molecule has 2 saturated heterocycles. The van der Waals surface area contributed by atoms with E-state index in [1.165, 1.54) is 11.1 Å². The van der Waals surface area contributed by atoms with Crippen LogP contribution in [-0.2, 0) is 32.3 Å². The van der Waals surface area contributed by atoms with Gasteiger partial charge in [0, 0.05) is 77.5 Å². The molecule has 2 aliphatic heterocycles. The van der Waals surface area contributed by atoms with Crippen molar-refractivity contribution in [3.05, 3.63) is 35.4 Å². The molecule has 0 spiro atoms. The second kappa shape index (κ2) is 11.0. The predicted octanol–water partition coefficient (Wildman–Crippen LogP) is -0.468. The average Bonchev–Trinajstić information content (AvgIpc) is 3.83. The zero-order valence-corrected chi connectivity index (χ0v) is 20.8. The Kier molecular flexibility index (Phi) is 7.52. The Morgan fingerprint density at radius 3 is 1.22 bits per heavy atom. The molecule has 2 saturated carbocycles. The standard InChI is InChI=1S/C26H36N6O4/c33-23(27-21-5-6-21)25(35)31-13-9-29(10-14-31)17-19-1-2-20(4-3-19)18-30-11-15-32(16-12-30)26(36)24(34)28-22-7-8-22/h1-4,21-22H,5-18H2,(H,27,33)(H,28,34). The van der Waals surface area contributed by atoms with E-state index in [9.17, 15) is 19.2 Å². The van der Waals surface area contributed by atoms with Crippen molar-refractivity contribution in [3.8, 4) is 0 Å². The van der Waals surface area contributed by atoms with E-state index in [4.69, 9.17) is 0 Å². The van der Waals surface area contributed by atoms with Gasteiger partial charge in [0.05, 0.1) is 0 Å². The molecule has 194 valence electrons. The lowest BCUT2D eigenvalue weighted by molar-refractivity contribution is -0.147. The number of carbonyl (C=O) groups is 4. The first-order chi connectivity index (χ1) is 17.4. The largest absolute Gasteiger partial charge is 0.345 e. The minimum Gasteiger partial charge on any atom is -0.345 e. The number of rotatable bonds is 6. The second-order valence-corrected chi connectivity index (χ2v) is 10.4. The van der Waals surface area contributed by atoms with Crippen LogP contribution in [0.25, 0.3) is 0 Å². The van der Waals surface area contributed by atoms with E-state index in [1.807, 2.05) is 0 Å². The van der Waals surface area contributed by atoms with Gasteiger partial charge >= 0.3 is 23.6 Å². The molecule has 4 aliphatic rings. The summed E-state index contributed by atoms with van der Waals surface area (Å²) < 4.78 is 0. The van der Waals surface area contributed by atoms with Gasteiger partial charge in [-0.25, -0.2) is 0 Å². The van der Waals surface area contributed by atoms with Crippen molar-refractivity contribution < 1.29 is 19.2 Å². The molecule has 5 rings (SSSR count). The van der Waals surface area contributed by atoms with E-state index < -0.39 is 23.6 Å². The molecular formula is C26H36N6O4. The summed E-state index contributed by atoms with van der Waals surface area (Å²) in [6.45, 7) is 6.96. The first-order valence-corrected chi connectivity index (χ1v) is 13.2. The third kappa shape index (κ3) is 6.61. The summed E-state index contributed by atoms with van der Waals surface area (Å²) in [6.07, 6.45) is 3.90. The third-order valence-corrected chi connectivity index (χ3v) is 7.37. The number of piperazine rings is 2. The lowest BCUT2D eigenvalue weighted by atomic mass is 10.1. The molecule has 4 amide bonds. The smallest absolute Gasteiger partial charge is 0.311 e. The zero-order valence-electron chi connectivity index (χ0n) is 20.8. The number of hydrogen-bond acceptors (Lipinski definition) is 6. The van der Waals surface area contributed by atoms with E-state index in [-0.39, 0.29) is 12.1 Å². The molecular weight excluding hydrogens is 460 g/mol. The highest BCUT2D eigenvalue weighted by Crippen LogP contribution is 2.19. The van der Waals surface area contributed by atoms with Gasteiger partial charge < -0.3 is 20.4 Å². The Morgan fingerprint density at radius 1 is 0.583 bits per heavy atom. The predicted molar refractivity (Wildman–Crippen MR) is 132 cm³/mol. The molecule has 1 aromatic rings. The minimum atomic E-state index is -0.464. The summed E-state index contributed by atoms with van der Waals surface area (Å²) in [6, 6.07) is 9.00. The van der Waals surface area contributed by atoms with E-state index in [0.29, 0.717) is 26.2 Å². The van der Waals surface area contributed by atoms with Crippen molar-refractivity contribution in [1.82, 2.24) is 30.2 Å². The van der Waals surface area contributed by atoms with E-state index >= 15 is 0 Å². The van der Waals surface area contributed by atoms with Gasteiger partial charge in [-0.15, -0.1) is 0 Å². The number of carbonyl (C=O) groups excluding carboxylic acids is 4. The summed E-state index contributed by atoms with van der Waals surface area (Å²) in [5.41, 5.74) is 2.45. The molecule has 2 heterocycles. The molecule has 10 nitrogen and oxygen atoms in total. The highest BCUT2D eigenvalue weighted by atomic mass is 16.2. The van der Waals surface area contributed by atoms with Gasteiger partial charge in [-0.3, -0.25) is 29.0 Å². The van der Waals surface area contributed by atoms with Gasteiger partial charge in [0.1, 0.15) is 0 Å². The van der Waals surface area contributed by atoms with Crippen LogP contribution in [0.1, 0.15) is 36.8 Å². The normalized spacial score (nSPS) is 21.2. The maximum atomic E-state index is 12.3. The number of benzene rings is 1. The van der Waals surface area contributed by atoms with Gasteiger partial charge in [0.15, 0.2) is 0 Å². The summed E-state index contributed by atoms with van der Waals surface area (Å²) in [7, 11) is 0. The monoisotopic (exact) mass is 496 g/mol. The molecule has 0 unspecified atom stereocenters. The fourth-order valence-corrected chi connectivity index (χ4v) is 4.72. The van der Waals surface area contributed by atoms with Crippen LogP contribution in [0, 0.1) is 0 Å². The Bertz CT molecular complexity index is 896. The van der Waals surface area contributed by atoms with Gasteiger partial charge in [0.25, 0.3) is 0 Å². The first-order valence-electron chi connectivity index (χ1n) is 13.2. The van der Waals surface area contributed by atoms with Crippen molar-refractivity contribution in [2.45, 2.75) is 50.9 Å². The molecule has 2 aliphatic carbocycles. The summed E-state index contributed by atoms with van der Waals surface area (Å²) in [4.78, 5) is 56.5. The molecule has 1 aromatic carbocycles. The Labute approximate surface area is 211 Å². The van der Waals surface area contributed by atoms with Crippen LogP contribution in [0.15, 0.2) is 24.3 Å². The van der Waals surface area contributed by atoms with Crippen molar-refractivity contribution in [2.24, 2.45) is 0 Å². The van der Waals surface area contributed by atoms with E-state index in [0.717, 1.165) is 65.0 Å². The summed E-state index contributed by atoms with van der Waals surface area (Å²) in [5, 5.41) is 5.55. The van der Waals surface area contributed by atoms with Gasteiger partial charge in [-0.05, 0) is 36.8 Å². The topological polar surface area (TPSA) is 105 Å². The average molecular weight is 497 g/mol. The molecule has 36 heavy (non-hydrogen) atoms. The van der Waals surface area contributed by atoms with Crippen molar-refractivity contribution >= 4 is 23.6 Å². The molecule has 0 radical (unpaired) electrons. The molecule has 0 aromatic heterocycles. The van der Waals surface area contributed by atoms with Crippen LogP contribution in [0.4, 0.5) is 0 Å². The van der Waals surface area contributed by atoms with Crippen LogP contribution >= 0.6 is 0 Å². The van der Waals surface area contributed by atoms with Crippen molar-refractivity contribution in [3.63, 3.8) is 0 Å². The number of amides is 4. The van der Waals surface area contributed by atoms with Crippen molar-refractivity contribution in [2.75, 3.05) is 52.4 Å². The fourth-order valence-electron chi connectivity index (χ4n) is 4.72. The summed E-state index contributed by atoms with van der Waals surface area (Å²) in [5.74, 6) is -1.74. The lowest BCUT2D eigenvalue weighted by Gasteiger charge is -2.34. The highest BCUT2D eigenvalue weighted by molar-refractivity contribution is 6.35. The van der Waals surface area contributed by atoms with Crippen LogP contribution in [0.2, 0.25) is 0 Å². The number of nitrogens with one attached hydrogen (secondary N) is 2. The Hall–Kier alpha value is -2.98. The highest BCUT2D eigenvalue weighted by Gasteiger charge is 2.32. The zero-order chi connectivity index (χ0) is 25.1. The SMILES string of the molecule is O=C(NC1CC1)C(=O)N1CCN(Cc2ccc(CN3CCN(C(=O)C(=O)NC4CC4)CC3)cc2)CC1. The number of hydrogen-bond donors (Lipinski definition) is 2. The van der Waals surface area contributed by atoms with Gasteiger partial charge in [-0.2, -0.15) is 0 Å². The Balaban J connectivity index is 1.01. The molecule has 4 fully saturated rings. The molecule has 10 heteroatoms. The number of nitrogens with zero attached hydrogens (tertiary/aromatic N) is 4. The van der Waals surface area contributed by atoms with Gasteiger partial charge in [-0.1, -0.05) is 24.3 Å². The van der Waals surface area contributed by atoms with E-state index in [1.54, 1.807) is 9.80 Å². The first kappa shape index (κ1) is 24.7. The summed E-state index contributed by atoms with van der Waals surface area (Å²) >= 11 is 0. The maximum absolute atomic E-state index is 12.3. The third-order valence-electron chi connectivity index (χ3n) is 7.37. The van der Waals surface area contributed by atoms with Crippen LogP contribution in [0.3, 0.4) is 0 Å². The molecule has 0 atom stereocenters. The minimum absolute atomic E-state index is 0.198. The molecule has 2 N–H and O–H groups in total. The van der Waals surface area contributed by atoms with Crippen LogP contribution < -0.4 is 10.6 Å². The Morgan fingerprint density at radius 2 is 0.917 bits per heavy atom. The van der Waals surface area contributed by atoms with Crippen LogP contribution in [-0.4, -0.2) is 108 Å². The van der Waals surface area contributed by atoms with Crippen LogP contribution in [0.5, 0.6) is 0 Å². The lowest BCUT2D eigenvalue weighted by Crippen LogP contribution is -2.52. The maximum Gasteiger partial charge on any atom is 0.311 e. The quantitative estimate of drug-likeness (QED) is 0.516. The second-order valence-electron chi connectivity index (χ2n) is 10.4. The van der Waals surface area contributed by atoms with Crippen molar-refractivity contribution in [1.29, 1.82) is 0 Å². The fraction of sp³-hybridized carbons (Fsp3) is 0.615.